The second kappa shape index (κ2) is 10.7. The normalized spacial score (nSPS) is 18.5. The molecule has 0 radical (unpaired) electrons. The Labute approximate surface area is 191 Å². The van der Waals surface area contributed by atoms with Crippen LogP contribution in [0.25, 0.3) is 0 Å². The topological polar surface area (TPSA) is 60.0 Å². The van der Waals surface area contributed by atoms with E-state index in [0.717, 1.165) is 42.4 Å². The lowest BCUT2D eigenvalue weighted by Gasteiger charge is -2.37. The van der Waals surface area contributed by atoms with Crippen molar-refractivity contribution >= 4 is 19.8 Å². The van der Waals surface area contributed by atoms with Crippen LogP contribution in [0.2, 0.25) is 0 Å². The molecule has 6 nitrogen and oxygen atoms in total. The van der Waals surface area contributed by atoms with Crippen molar-refractivity contribution in [2.45, 2.75) is 19.0 Å². The van der Waals surface area contributed by atoms with Gasteiger partial charge in [-0.15, -0.1) is 0 Å². The van der Waals surface area contributed by atoms with Gasteiger partial charge < -0.3 is 24.4 Å². The summed E-state index contributed by atoms with van der Waals surface area (Å²) >= 11 is 0. The van der Waals surface area contributed by atoms with Crippen molar-refractivity contribution in [3.05, 3.63) is 84.4 Å². The first-order valence-corrected chi connectivity index (χ1v) is 11.9. The minimum atomic E-state index is -1.69. The number of benzene rings is 3. The van der Waals surface area contributed by atoms with Crippen LogP contribution in [0.1, 0.15) is 12.0 Å². The van der Waals surface area contributed by atoms with Gasteiger partial charge in [-0.3, -0.25) is 4.67 Å². The summed E-state index contributed by atoms with van der Waals surface area (Å²) in [6.07, 6.45) is 0.882. The summed E-state index contributed by atoms with van der Waals surface area (Å²) in [6, 6.07) is 26.1. The van der Waals surface area contributed by atoms with Crippen LogP contribution in [-0.4, -0.2) is 38.0 Å². The molecule has 0 saturated carbocycles. The number of hydrogen-bond acceptors (Lipinski definition) is 6. The van der Waals surface area contributed by atoms with Crippen LogP contribution in [0.3, 0.4) is 0 Å². The zero-order chi connectivity index (χ0) is 22.3. The Morgan fingerprint density at radius 2 is 1.53 bits per heavy atom. The fourth-order valence-electron chi connectivity index (χ4n) is 3.89. The number of methoxy groups -OCH3 is 2. The van der Waals surface area contributed by atoms with Gasteiger partial charge in [0.05, 0.1) is 14.2 Å². The Balaban J connectivity index is 1.46. The van der Waals surface area contributed by atoms with Crippen molar-refractivity contribution in [1.82, 2.24) is 4.67 Å². The van der Waals surface area contributed by atoms with E-state index in [0.29, 0.717) is 6.54 Å². The molecule has 0 aliphatic carbocycles. The summed E-state index contributed by atoms with van der Waals surface area (Å²) < 4.78 is 14.6. The molecule has 3 aromatic rings. The van der Waals surface area contributed by atoms with Gasteiger partial charge in [-0.1, -0.05) is 30.3 Å². The molecular formula is C25H29N3O3P-. The average Bonchev–Trinajstić information content (AvgIpc) is 3.15. The van der Waals surface area contributed by atoms with E-state index >= 15 is 0 Å². The van der Waals surface area contributed by atoms with Crippen molar-refractivity contribution in [2.24, 2.45) is 0 Å². The number of anilines is 2. The van der Waals surface area contributed by atoms with E-state index < -0.39 is 8.45 Å². The van der Waals surface area contributed by atoms with E-state index in [4.69, 9.17) is 9.47 Å². The molecule has 32 heavy (non-hydrogen) atoms. The molecule has 2 atom stereocenters. The summed E-state index contributed by atoms with van der Waals surface area (Å²) in [6.45, 7) is 2.18. The second-order valence-electron chi connectivity index (χ2n) is 7.71. The maximum atomic E-state index is 13.5. The lowest BCUT2D eigenvalue weighted by atomic mass is 10.1. The van der Waals surface area contributed by atoms with Crippen molar-refractivity contribution in [2.75, 3.05) is 37.3 Å². The average molecular weight is 450 g/mol. The van der Waals surface area contributed by atoms with Crippen LogP contribution in [0, 0.1) is 0 Å². The highest BCUT2D eigenvalue weighted by atomic mass is 31.2. The van der Waals surface area contributed by atoms with E-state index in [1.165, 1.54) is 5.56 Å². The zero-order valence-corrected chi connectivity index (χ0v) is 19.4. The highest BCUT2D eigenvalue weighted by molar-refractivity contribution is 7.49. The first kappa shape index (κ1) is 22.4. The summed E-state index contributed by atoms with van der Waals surface area (Å²) in [5.74, 6) is 1.64. The third-order valence-electron chi connectivity index (χ3n) is 5.69. The van der Waals surface area contributed by atoms with Crippen molar-refractivity contribution in [3.63, 3.8) is 0 Å². The molecule has 0 bridgehead atoms. The van der Waals surface area contributed by atoms with Gasteiger partial charge in [0.25, 0.3) is 0 Å². The molecule has 4 rings (SSSR count). The fraction of sp³-hybridized carbons (Fsp3) is 0.280. The molecule has 1 heterocycles. The van der Waals surface area contributed by atoms with Crippen molar-refractivity contribution in [1.29, 1.82) is 0 Å². The van der Waals surface area contributed by atoms with Gasteiger partial charge >= 0.3 is 0 Å². The minimum absolute atomic E-state index is 0.173. The molecule has 7 heteroatoms. The predicted octanol–water partition coefficient (Wildman–Crippen LogP) is 4.48. The van der Waals surface area contributed by atoms with E-state index in [1.54, 1.807) is 14.2 Å². The Kier molecular flexibility index (Phi) is 7.48. The number of ether oxygens (including phenoxy) is 2. The summed E-state index contributed by atoms with van der Waals surface area (Å²) in [5, 5.41) is 3.48. The molecule has 0 aromatic heterocycles. The smallest absolute Gasteiger partial charge is 0.119 e. The first-order chi connectivity index (χ1) is 15.7. The molecule has 1 aliphatic rings. The van der Waals surface area contributed by atoms with Crippen LogP contribution in [-0.2, 0) is 6.54 Å². The Bertz CT molecular complexity index is 970. The van der Waals surface area contributed by atoms with E-state index in [-0.39, 0.29) is 6.04 Å². The van der Waals surface area contributed by atoms with Gasteiger partial charge in [-0.25, -0.2) is 0 Å². The summed E-state index contributed by atoms with van der Waals surface area (Å²) in [7, 11) is 1.63. The molecule has 1 N–H and O–H groups in total. The third-order valence-corrected chi connectivity index (χ3v) is 7.40. The van der Waals surface area contributed by atoms with Gasteiger partial charge in [-0.05, 0) is 69.0 Å². The monoisotopic (exact) mass is 450 g/mol. The number of hydrogen-bond donors (Lipinski definition) is 1. The molecule has 168 valence electrons. The third kappa shape index (κ3) is 5.33. The van der Waals surface area contributed by atoms with Gasteiger partial charge in [0.1, 0.15) is 11.5 Å². The molecule has 1 saturated heterocycles. The van der Waals surface area contributed by atoms with Crippen LogP contribution < -0.4 is 24.4 Å². The standard InChI is InChI=1S/C25H29N3O3P/c1-30-24-12-8-21(9-13-24)26-17-16-23-19-28(22-10-14-25(31-2)15-11-22)32(29)27(23)18-20-6-4-3-5-7-20/h3-15,23,26H,16-19H2,1-2H3/q-1/t23-,32?/m0/s1. The molecule has 0 amide bonds. The van der Waals surface area contributed by atoms with Gasteiger partial charge in [0, 0.05) is 37.1 Å². The number of rotatable bonds is 9. The van der Waals surface area contributed by atoms with Crippen molar-refractivity contribution in [3.8, 4) is 11.5 Å². The Morgan fingerprint density at radius 1 is 0.906 bits per heavy atom. The van der Waals surface area contributed by atoms with Crippen LogP contribution in [0.4, 0.5) is 11.4 Å². The van der Waals surface area contributed by atoms with Crippen LogP contribution >= 0.6 is 8.45 Å². The molecule has 0 spiro atoms. The Morgan fingerprint density at radius 3 is 2.16 bits per heavy atom. The van der Waals surface area contributed by atoms with E-state index in [1.807, 2.05) is 71.4 Å². The lowest BCUT2D eigenvalue weighted by molar-refractivity contribution is -0.170. The minimum Gasteiger partial charge on any atom is -0.801 e. The zero-order valence-electron chi connectivity index (χ0n) is 18.5. The largest absolute Gasteiger partial charge is 0.801 e. The van der Waals surface area contributed by atoms with Crippen LogP contribution in [0.5, 0.6) is 11.5 Å². The van der Waals surface area contributed by atoms with Crippen molar-refractivity contribution < 1.29 is 14.4 Å². The number of nitrogens with zero attached hydrogens (tertiary/aromatic N) is 2. The molecular weight excluding hydrogens is 421 g/mol. The highest BCUT2D eigenvalue weighted by Crippen LogP contribution is 2.48. The molecule has 1 fully saturated rings. The highest BCUT2D eigenvalue weighted by Gasteiger charge is 2.33. The quantitative estimate of drug-likeness (QED) is 0.485. The summed E-state index contributed by atoms with van der Waals surface area (Å²) in [4.78, 5) is 13.5. The molecule has 1 aliphatic heterocycles. The maximum Gasteiger partial charge on any atom is 0.119 e. The maximum absolute atomic E-state index is 13.5. The lowest BCUT2D eigenvalue weighted by Crippen LogP contribution is -2.31. The first-order valence-electron chi connectivity index (χ1n) is 10.7. The van der Waals surface area contributed by atoms with Crippen LogP contribution in [0.15, 0.2) is 78.9 Å². The molecule has 3 aromatic carbocycles. The fourth-order valence-corrected chi connectivity index (χ4v) is 5.58. The second-order valence-corrected chi connectivity index (χ2v) is 9.22. The molecule has 1 unspecified atom stereocenters. The van der Waals surface area contributed by atoms with Gasteiger partial charge in [-0.2, -0.15) is 0 Å². The SMILES string of the molecule is COc1ccc(NCC[C@H]2CN(c3ccc(OC)cc3)P([O-])N2Cc2ccccc2)cc1. The summed E-state index contributed by atoms with van der Waals surface area (Å²) in [5.41, 5.74) is 3.17. The van der Waals surface area contributed by atoms with E-state index in [9.17, 15) is 4.89 Å². The van der Waals surface area contributed by atoms with Gasteiger partial charge in [0.2, 0.25) is 0 Å². The van der Waals surface area contributed by atoms with Gasteiger partial charge in [0.15, 0.2) is 0 Å². The van der Waals surface area contributed by atoms with E-state index in [2.05, 4.69) is 22.1 Å². The number of nitrogens with one attached hydrogen (secondary N) is 1. The predicted molar refractivity (Wildman–Crippen MR) is 129 cm³/mol. The Hall–Kier alpha value is -2.79.